The minimum atomic E-state index is -5.14. The molecule has 1 aromatic carbocycles. The first-order valence-corrected chi connectivity index (χ1v) is 6.99. The summed E-state index contributed by atoms with van der Waals surface area (Å²) in [6.07, 6.45) is -4.18. The van der Waals surface area contributed by atoms with Crippen molar-refractivity contribution >= 4 is 11.6 Å². The van der Waals surface area contributed by atoms with Crippen molar-refractivity contribution < 1.29 is 32.2 Å². The molecule has 136 valence electrons. The van der Waals surface area contributed by atoms with E-state index in [0.717, 1.165) is 29.0 Å². The third-order valence-corrected chi connectivity index (χ3v) is 3.51. The fourth-order valence-electron chi connectivity index (χ4n) is 2.27. The van der Waals surface area contributed by atoms with Gasteiger partial charge in [-0.1, -0.05) is 0 Å². The van der Waals surface area contributed by atoms with Crippen molar-refractivity contribution in [3.05, 3.63) is 42.2 Å². The normalized spacial score (nSPS) is 14.0. The summed E-state index contributed by atoms with van der Waals surface area (Å²) >= 11 is 0. The molecule has 1 unspecified atom stereocenters. The average Bonchev–Trinajstić information content (AvgIpc) is 2.94. The summed E-state index contributed by atoms with van der Waals surface area (Å²) in [5, 5.41) is 12.3. The van der Waals surface area contributed by atoms with Gasteiger partial charge in [-0.3, -0.25) is 4.79 Å². The maximum Gasteiger partial charge on any atom is 0.425 e. The molecule has 1 atom stereocenters. The Balaban J connectivity index is 2.29. The third kappa shape index (κ3) is 3.73. The molecule has 2 rings (SSSR count). The van der Waals surface area contributed by atoms with Crippen LogP contribution in [0.3, 0.4) is 0 Å². The number of alkyl halides is 3. The van der Waals surface area contributed by atoms with Crippen LogP contribution < -0.4 is 10.1 Å². The molecule has 0 radical (unpaired) electrons. The average molecular weight is 361 g/mol. The Bertz CT molecular complexity index is 776. The number of anilines is 1. The number of carbonyl (C=O) groups is 1. The molecule has 2 aromatic rings. The van der Waals surface area contributed by atoms with Gasteiger partial charge in [-0.2, -0.15) is 13.2 Å². The minimum absolute atomic E-state index is 0.0294. The van der Waals surface area contributed by atoms with Gasteiger partial charge in [0.2, 0.25) is 11.5 Å². The summed E-state index contributed by atoms with van der Waals surface area (Å²) in [6.45, 7) is 0. The van der Waals surface area contributed by atoms with Gasteiger partial charge < -0.3 is 19.7 Å². The zero-order valence-electron chi connectivity index (χ0n) is 13.3. The summed E-state index contributed by atoms with van der Waals surface area (Å²) in [7, 11) is 2.48. The number of hydrogen-bond acceptors (Lipinski definition) is 4. The van der Waals surface area contributed by atoms with Crippen molar-refractivity contribution in [1.29, 1.82) is 0 Å². The van der Waals surface area contributed by atoms with E-state index in [-0.39, 0.29) is 11.4 Å². The van der Waals surface area contributed by atoms with Crippen molar-refractivity contribution in [3.63, 3.8) is 0 Å². The molecule has 0 fully saturated rings. The molecule has 10 heteroatoms. The summed E-state index contributed by atoms with van der Waals surface area (Å²) in [4.78, 5) is 15.6. The van der Waals surface area contributed by atoms with Crippen molar-refractivity contribution in [1.82, 2.24) is 9.55 Å². The van der Waals surface area contributed by atoms with Gasteiger partial charge in [0.15, 0.2) is 5.82 Å². The van der Waals surface area contributed by atoms with Crippen LogP contribution >= 0.6 is 0 Å². The number of aliphatic hydroxyl groups is 1. The van der Waals surface area contributed by atoms with E-state index >= 15 is 0 Å². The number of aryl methyl sites for hydroxylation is 1. The lowest BCUT2D eigenvalue weighted by molar-refractivity contribution is -0.270. The van der Waals surface area contributed by atoms with Crippen LogP contribution in [0.2, 0.25) is 0 Å². The number of aromatic nitrogens is 2. The van der Waals surface area contributed by atoms with Crippen LogP contribution in [-0.2, 0) is 17.4 Å². The molecular formula is C15H15F4N3O3. The van der Waals surface area contributed by atoms with E-state index in [4.69, 9.17) is 4.74 Å². The van der Waals surface area contributed by atoms with Crippen LogP contribution in [0.5, 0.6) is 5.75 Å². The van der Waals surface area contributed by atoms with Gasteiger partial charge in [0, 0.05) is 25.5 Å². The van der Waals surface area contributed by atoms with Gasteiger partial charge in [0.05, 0.1) is 19.2 Å². The van der Waals surface area contributed by atoms with Crippen molar-refractivity contribution in [2.75, 3.05) is 12.4 Å². The molecule has 0 aliphatic carbocycles. The highest BCUT2D eigenvalue weighted by Crippen LogP contribution is 2.41. The second-order valence-corrected chi connectivity index (χ2v) is 5.29. The number of nitrogens with zero attached hydrogens (tertiary/aromatic N) is 2. The molecule has 0 spiro atoms. The number of nitrogens with one attached hydrogen (secondary N) is 1. The molecule has 0 aliphatic rings. The zero-order valence-corrected chi connectivity index (χ0v) is 13.3. The number of methoxy groups -OCH3 is 1. The summed E-state index contributed by atoms with van der Waals surface area (Å²) in [6, 6.07) is 3.11. The molecule has 0 aliphatic heterocycles. The van der Waals surface area contributed by atoms with Crippen LogP contribution in [0, 0.1) is 5.82 Å². The van der Waals surface area contributed by atoms with E-state index in [1.165, 1.54) is 20.4 Å². The highest BCUT2D eigenvalue weighted by molar-refractivity contribution is 5.93. The lowest BCUT2D eigenvalue weighted by Crippen LogP contribution is -2.46. The molecule has 1 amide bonds. The van der Waals surface area contributed by atoms with E-state index in [2.05, 4.69) is 10.3 Å². The lowest BCUT2D eigenvalue weighted by Gasteiger charge is -2.29. The number of hydrogen-bond donors (Lipinski definition) is 2. The maximum atomic E-state index is 13.4. The third-order valence-electron chi connectivity index (χ3n) is 3.51. The van der Waals surface area contributed by atoms with Crippen LogP contribution in [0.4, 0.5) is 23.2 Å². The van der Waals surface area contributed by atoms with Gasteiger partial charge in [0.25, 0.3) is 0 Å². The standard InChI is InChI=1S/C15H15F4N3O3/c1-22-6-5-20-13(22)14(24,15(17,18)19)8-12(23)21-10-4-3-9(16)7-11(10)25-2/h3-7,24H,8H2,1-2H3,(H,21,23). The smallest absolute Gasteiger partial charge is 0.425 e. The second kappa shape index (κ2) is 6.71. The van der Waals surface area contributed by atoms with Crippen LogP contribution in [0.1, 0.15) is 12.2 Å². The van der Waals surface area contributed by atoms with Gasteiger partial charge in [0.1, 0.15) is 11.6 Å². The first-order chi connectivity index (χ1) is 11.6. The van der Waals surface area contributed by atoms with Gasteiger partial charge in [-0.15, -0.1) is 0 Å². The monoisotopic (exact) mass is 361 g/mol. The SMILES string of the molecule is COc1cc(F)ccc1NC(=O)CC(O)(c1nccn1C)C(F)(F)F. The minimum Gasteiger partial charge on any atom is -0.494 e. The molecule has 0 saturated heterocycles. The van der Waals surface area contributed by atoms with E-state index in [1.807, 2.05) is 0 Å². The van der Waals surface area contributed by atoms with Crippen LogP contribution in [0.25, 0.3) is 0 Å². The zero-order chi connectivity index (χ0) is 18.8. The lowest BCUT2D eigenvalue weighted by atomic mass is 9.97. The number of benzene rings is 1. The number of rotatable bonds is 5. The maximum absolute atomic E-state index is 13.4. The van der Waals surface area contributed by atoms with Crippen molar-refractivity contribution in [3.8, 4) is 5.75 Å². The quantitative estimate of drug-likeness (QED) is 0.802. The first kappa shape index (κ1) is 18.7. The van der Waals surface area contributed by atoms with Crippen LogP contribution in [-0.4, -0.2) is 33.9 Å². The summed E-state index contributed by atoms with van der Waals surface area (Å²) in [5.74, 6) is -2.58. The molecule has 2 N–H and O–H groups in total. The molecule has 1 heterocycles. The number of amides is 1. The highest BCUT2D eigenvalue weighted by atomic mass is 19.4. The van der Waals surface area contributed by atoms with E-state index in [0.29, 0.717) is 0 Å². The largest absolute Gasteiger partial charge is 0.494 e. The number of halogens is 4. The van der Waals surface area contributed by atoms with Gasteiger partial charge in [-0.25, -0.2) is 9.37 Å². The fourth-order valence-corrected chi connectivity index (χ4v) is 2.27. The van der Waals surface area contributed by atoms with E-state index < -0.39 is 35.7 Å². The molecule has 6 nitrogen and oxygen atoms in total. The molecule has 1 aromatic heterocycles. The van der Waals surface area contributed by atoms with Crippen molar-refractivity contribution in [2.24, 2.45) is 7.05 Å². The summed E-state index contributed by atoms with van der Waals surface area (Å²) in [5.41, 5.74) is -3.51. The summed E-state index contributed by atoms with van der Waals surface area (Å²) < 4.78 is 59.1. The number of ether oxygens (including phenoxy) is 1. The predicted octanol–water partition coefficient (Wildman–Crippen LogP) is 2.35. The fraction of sp³-hybridized carbons (Fsp3) is 0.333. The molecule has 0 bridgehead atoms. The van der Waals surface area contributed by atoms with Gasteiger partial charge >= 0.3 is 6.18 Å². The second-order valence-electron chi connectivity index (χ2n) is 5.29. The predicted molar refractivity (Wildman–Crippen MR) is 79.4 cm³/mol. The Labute approximate surface area is 140 Å². The highest BCUT2D eigenvalue weighted by Gasteiger charge is 2.58. The van der Waals surface area contributed by atoms with Gasteiger partial charge in [-0.05, 0) is 12.1 Å². The molecule has 0 saturated carbocycles. The number of carbonyl (C=O) groups excluding carboxylic acids is 1. The Kier molecular flexibility index (Phi) is 5.02. The van der Waals surface area contributed by atoms with E-state index in [1.54, 1.807) is 0 Å². The number of imidazole rings is 1. The van der Waals surface area contributed by atoms with Crippen LogP contribution in [0.15, 0.2) is 30.6 Å². The Hall–Kier alpha value is -2.62. The molecular weight excluding hydrogens is 346 g/mol. The topological polar surface area (TPSA) is 76.4 Å². The Morgan fingerprint density at radius 3 is 2.60 bits per heavy atom. The Morgan fingerprint density at radius 2 is 2.08 bits per heavy atom. The Morgan fingerprint density at radius 1 is 1.40 bits per heavy atom. The first-order valence-electron chi connectivity index (χ1n) is 6.99. The van der Waals surface area contributed by atoms with Crippen molar-refractivity contribution in [2.45, 2.75) is 18.2 Å². The molecule has 25 heavy (non-hydrogen) atoms. The van der Waals surface area contributed by atoms with E-state index in [9.17, 15) is 27.5 Å².